The summed E-state index contributed by atoms with van der Waals surface area (Å²) in [5.41, 5.74) is 2.36. The minimum atomic E-state index is -3.45. The fraction of sp³-hybridized carbons (Fsp3) is 0.240. The lowest BCUT2D eigenvalue weighted by molar-refractivity contribution is 0.0927. The number of carbonyl (C=O) groups excluding carboxylic acids is 1. The lowest BCUT2D eigenvalue weighted by Gasteiger charge is -2.42. The third-order valence-electron chi connectivity index (χ3n) is 5.93. The van der Waals surface area contributed by atoms with E-state index < -0.39 is 9.84 Å². The first-order valence-corrected chi connectivity index (χ1v) is 11.8. The van der Waals surface area contributed by atoms with Crippen LogP contribution in [0.3, 0.4) is 0 Å². The van der Waals surface area contributed by atoms with Gasteiger partial charge >= 0.3 is 0 Å². The maximum absolute atomic E-state index is 12.8. The second kappa shape index (κ2) is 8.44. The Balaban J connectivity index is 1.45. The standard InChI is InChI=1S/C25H25NO3S/c27-24(26-19-25(15-8-16-25)22-11-3-1-4-12-22)21-10-7-9-20(17-21)18-30(28,29)23-13-5-2-6-14-23/h1-7,9-14,17H,8,15-16,18-19H2,(H,26,27). The van der Waals surface area contributed by atoms with Crippen LogP contribution in [0.2, 0.25) is 0 Å². The summed E-state index contributed by atoms with van der Waals surface area (Å²) >= 11 is 0. The highest BCUT2D eigenvalue weighted by Crippen LogP contribution is 2.43. The lowest BCUT2D eigenvalue weighted by atomic mass is 9.64. The summed E-state index contributed by atoms with van der Waals surface area (Å²) in [4.78, 5) is 13.1. The highest BCUT2D eigenvalue weighted by Gasteiger charge is 2.38. The van der Waals surface area contributed by atoms with Gasteiger partial charge in [-0.15, -0.1) is 0 Å². The largest absolute Gasteiger partial charge is 0.351 e. The lowest BCUT2D eigenvalue weighted by Crippen LogP contribution is -2.45. The number of benzene rings is 3. The molecule has 4 nitrogen and oxygen atoms in total. The number of sulfone groups is 1. The summed E-state index contributed by atoms with van der Waals surface area (Å²) < 4.78 is 25.3. The normalized spacial score (nSPS) is 15.2. The van der Waals surface area contributed by atoms with E-state index in [1.165, 1.54) is 5.56 Å². The Bertz CT molecular complexity index is 1120. The van der Waals surface area contributed by atoms with Crippen LogP contribution in [-0.2, 0) is 21.0 Å². The Morgan fingerprint density at radius 3 is 2.17 bits per heavy atom. The number of hydrogen-bond donors (Lipinski definition) is 1. The third-order valence-corrected chi connectivity index (χ3v) is 7.64. The summed E-state index contributed by atoms with van der Waals surface area (Å²) in [6.45, 7) is 0.586. The molecular weight excluding hydrogens is 394 g/mol. The van der Waals surface area contributed by atoms with Gasteiger partial charge in [-0.25, -0.2) is 8.42 Å². The van der Waals surface area contributed by atoms with E-state index in [4.69, 9.17) is 0 Å². The molecule has 5 heteroatoms. The van der Waals surface area contributed by atoms with Gasteiger partial charge in [0.05, 0.1) is 10.6 Å². The van der Waals surface area contributed by atoms with Gasteiger partial charge in [0.15, 0.2) is 9.84 Å². The molecule has 1 fully saturated rings. The van der Waals surface area contributed by atoms with Gasteiger partial charge in [-0.05, 0) is 48.2 Å². The third kappa shape index (κ3) is 4.31. The van der Waals surface area contributed by atoms with Gasteiger partial charge in [-0.2, -0.15) is 0 Å². The molecular formula is C25H25NO3S. The molecule has 1 aliphatic rings. The summed E-state index contributed by atoms with van der Waals surface area (Å²) in [6, 6.07) is 25.6. The van der Waals surface area contributed by atoms with E-state index in [1.807, 2.05) is 18.2 Å². The molecule has 0 unspecified atom stereocenters. The fourth-order valence-corrected chi connectivity index (χ4v) is 5.40. The predicted octanol–water partition coefficient (Wildman–Crippen LogP) is 4.51. The van der Waals surface area contributed by atoms with Crippen molar-refractivity contribution in [2.45, 2.75) is 35.3 Å². The van der Waals surface area contributed by atoms with Crippen LogP contribution >= 0.6 is 0 Å². The molecule has 3 aromatic carbocycles. The van der Waals surface area contributed by atoms with E-state index >= 15 is 0 Å². The van der Waals surface area contributed by atoms with Crippen molar-refractivity contribution in [2.75, 3.05) is 6.54 Å². The Morgan fingerprint density at radius 1 is 0.867 bits per heavy atom. The SMILES string of the molecule is O=C(NCC1(c2ccccc2)CCC1)c1cccc(CS(=O)(=O)c2ccccc2)c1. The predicted molar refractivity (Wildman–Crippen MR) is 118 cm³/mol. The van der Waals surface area contributed by atoms with Crippen molar-refractivity contribution in [1.82, 2.24) is 5.32 Å². The van der Waals surface area contributed by atoms with E-state index in [0.717, 1.165) is 19.3 Å². The molecule has 1 amide bonds. The maximum Gasteiger partial charge on any atom is 0.251 e. The van der Waals surface area contributed by atoms with E-state index in [9.17, 15) is 13.2 Å². The Morgan fingerprint density at radius 2 is 1.53 bits per heavy atom. The maximum atomic E-state index is 12.8. The molecule has 1 N–H and O–H groups in total. The molecule has 0 heterocycles. The molecule has 1 aliphatic carbocycles. The van der Waals surface area contributed by atoms with Gasteiger partial charge in [0, 0.05) is 17.5 Å². The van der Waals surface area contributed by atoms with Crippen molar-refractivity contribution < 1.29 is 13.2 Å². The van der Waals surface area contributed by atoms with Gasteiger partial charge < -0.3 is 5.32 Å². The molecule has 1 saturated carbocycles. The van der Waals surface area contributed by atoms with Crippen LogP contribution in [0, 0.1) is 0 Å². The molecule has 0 spiro atoms. The highest BCUT2D eigenvalue weighted by molar-refractivity contribution is 7.90. The quantitative estimate of drug-likeness (QED) is 0.613. The van der Waals surface area contributed by atoms with Crippen LogP contribution in [0.15, 0.2) is 89.8 Å². The van der Waals surface area contributed by atoms with Gasteiger partial charge in [0.2, 0.25) is 0 Å². The van der Waals surface area contributed by atoms with Crippen LogP contribution in [0.25, 0.3) is 0 Å². The first kappa shape index (κ1) is 20.4. The minimum absolute atomic E-state index is 0.00514. The Hall–Kier alpha value is -2.92. The summed E-state index contributed by atoms with van der Waals surface area (Å²) in [5, 5.41) is 3.07. The molecule has 3 aromatic rings. The van der Waals surface area contributed by atoms with Crippen molar-refractivity contribution in [3.05, 3.63) is 102 Å². The van der Waals surface area contributed by atoms with Gasteiger partial charge in [-0.3, -0.25) is 4.79 Å². The van der Waals surface area contributed by atoms with Crippen LogP contribution in [0.5, 0.6) is 0 Å². The zero-order chi connectivity index (χ0) is 21.0. The number of rotatable bonds is 7. The van der Waals surface area contributed by atoms with Crippen molar-refractivity contribution in [3.8, 4) is 0 Å². The zero-order valence-electron chi connectivity index (χ0n) is 16.8. The second-order valence-electron chi connectivity index (χ2n) is 7.96. The van der Waals surface area contributed by atoms with E-state index in [-0.39, 0.29) is 22.0 Å². The molecule has 0 radical (unpaired) electrons. The number of nitrogens with one attached hydrogen (secondary N) is 1. The van der Waals surface area contributed by atoms with Gasteiger partial charge in [-0.1, -0.05) is 67.1 Å². The van der Waals surface area contributed by atoms with Crippen molar-refractivity contribution >= 4 is 15.7 Å². The van der Waals surface area contributed by atoms with Gasteiger partial charge in [0.25, 0.3) is 5.91 Å². The molecule has 154 valence electrons. The summed E-state index contributed by atoms with van der Waals surface area (Å²) in [7, 11) is -3.45. The van der Waals surface area contributed by atoms with E-state index in [2.05, 4.69) is 17.4 Å². The second-order valence-corrected chi connectivity index (χ2v) is 9.94. The molecule has 0 aromatic heterocycles. The topological polar surface area (TPSA) is 63.2 Å². The zero-order valence-corrected chi connectivity index (χ0v) is 17.6. The fourth-order valence-electron chi connectivity index (χ4n) is 4.05. The Kier molecular flexibility index (Phi) is 5.73. The first-order chi connectivity index (χ1) is 14.5. The van der Waals surface area contributed by atoms with E-state index in [1.54, 1.807) is 54.6 Å². The monoisotopic (exact) mass is 419 g/mol. The smallest absolute Gasteiger partial charge is 0.251 e. The molecule has 0 bridgehead atoms. The average Bonchev–Trinajstić information content (AvgIpc) is 2.74. The number of hydrogen-bond acceptors (Lipinski definition) is 3. The number of amides is 1. The minimum Gasteiger partial charge on any atom is -0.351 e. The van der Waals surface area contributed by atoms with Crippen LogP contribution in [0.4, 0.5) is 0 Å². The molecule has 30 heavy (non-hydrogen) atoms. The molecule has 4 rings (SSSR count). The number of carbonyl (C=O) groups is 1. The highest BCUT2D eigenvalue weighted by atomic mass is 32.2. The molecule has 0 saturated heterocycles. The van der Waals surface area contributed by atoms with Crippen LogP contribution in [-0.4, -0.2) is 20.9 Å². The van der Waals surface area contributed by atoms with Crippen molar-refractivity contribution in [3.63, 3.8) is 0 Å². The van der Waals surface area contributed by atoms with Crippen molar-refractivity contribution in [1.29, 1.82) is 0 Å². The van der Waals surface area contributed by atoms with Crippen LogP contribution in [0.1, 0.15) is 40.7 Å². The molecule has 0 atom stereocenters. The Labute approximate surface area is 177 Å². The summed E-state index contributed by atoms with van der Waals surface area (Å²) in [5.74, 6) is -0.303. The van der Waals surface area contributed by atoms with Crippen molar-refractivity contribution in [2.24, 2.45) is 0 Å². The first-order valence-electron chi connectivity index (χ1n) is 10.2. The average molecular weight is 420 g/mol. The van der Waals surface area contributed by atoms with E-state index in [0.29, 0.717) is 17.7 Å². The van der Waals surface area contributed by atoms with Crippen LogP contribution < -0.4 is 5.32 Å². The summed E-state index contributed by atoms with van der Waals surface area (Å²) in [6.07, 6.45) is 3.29. The van der Waals surface area contributed by atoms with Gasteiger partial charge in [0.1, 0.15) is 0 Å². The molecule has 0 aliphatic heterocycles.